The lowest BCUT2D eigenvalue weighted by Crippen LogP contribution is -2.17. The molecule has 2 aromatic rings. The quantitative estimate of drug-likeness (QED) is 0.824. The molecular formula is C15H16F2N2O. The van der Waals surface area contributed by atoms with Gasteiger partial charge in [-0.05, 0) is 37.9 Å². The summed E-state index contributed by atoms with van der Waals surface area (Å²) in [5, 5.41) is 3.41. The van der Waals surface area contributed by atoms with Gasteiger partial charge in [0.2, 0.25) is 0 Å². The first-order valence-corrected chi connectivity index (χ1v) is 6.86. The van der Waals surface area contributed by atoms with Crippen molar-refractivity contribution in [2.45, 2.75) is 31.7 Å². The van der Waals surface area contributed by atoms with Crippen molar-refractivity contribution in [2.24, 2.45) is 0 Å². The van der Waals surface area contributed by atoms with Crippen molar-refractivity contribution < 1.29 is 13.2 Å². The van der Waals surface area contributed by atoms with E-state index in [-0.39, 0.29) is 5.56 Å². The van der Waals surface area contributed by atoms with E-state index in [0.717, 1.165) is 19.0 Å². The molecule has 0 amide bonds. The molecule has 1 aromatic carbocycles. The lowest BCUT2D eigenvalue weighted by atomic mass is 10.2. The van der Waals surface area contributed by atoms with Gasteiger partial charge in [-0.1, -0.05) is 0 Å². The summed E-state index contributed by atoms with van der Waals surface area (Å²) in [7, 11) is 0. The molecule has 1 heterocycles. The standard InChI is InChI=1S/C15H16F2N2O/c16-10-3-6-12(13(17)8-10)14-9-19-15(20-14)2-1-7-18-11-4-5-11/h3,6,8-9,11,18H,1-2,4-5,7H2. The zero-order chi connectivity index (χ0) is 13.9. The molecule has 1 aliphatic carbocycles. The van der Waals surface area contributed by atoms with Gasteiger partial charge in [0.1, 0.15) is 11.6 Å². The van der Waals surface area contributed by atoms with Gasteiger partial charge in [0.15, 0.2) is 11.7 Å². The molecule has 20 heavy (non-hydrogen) atoms. The van der Waals surface area contributed by atoms with Crippen LogP contribution < -0.4 is 5.32 Å². The maximum absolute atomic E-state index is 13.6. The predicted octanol–water partition coefficient (Wildman–Crippen LogP) is 3.30. The smallest absolute Gasteiger partial charge is 0.194 e. The Morgan fingerprint density at radius 1 is 1.30 bits per heavy atom. The van der Waals surface area contributed by atoms with Crippen LogP contribution in [0.25, 0.3) is 11.3 Å². The average molecular weight is 278 g/mol. The molecule has 0 saturated heterocycles. The highest BCUT2D eigenvalue weighted by molar-refractivity contribution is 5.57. The van der Waals surface area contributed by atoms with E-state index < -0.39 is 11.6 Å². The van der Waals surface area contributed by atoms with Crippen molar-refractivity contribution in [3.05, 3.63) is 41.9 Å². The summed E-state index contributed by atoms with van der Waals surface area (Å²) in [6.45, 7) is 0.938. The van der Waals surface area contributed by atoms with Crippen LogP contribution in [0.5, 0.6) is 0 Å². The van der Waals surface area contributed by atoms with Crippen molar-refractivity contribution in [1.82, 2.24) is 10.3 Å². The number of aryl methyl sites for hydroxylation is 1. The minimum absolute atomic E-state index is 0.237. The fourth-order valence-corrected chi connectivity index (χ4v) is 2.07. The predicted molar refractivity (Wildman–Crippen MR) is 71.2 cm³/mol. The molecule has 1 saturated carbocycles. The van der Waals surface area contributed by atoms with E-state index in [1.807, 2.05) is 0 Å². The molecular weight excluding hydrogens is 262 g/mol. The van der Waals surface area contributed by atoms with Crippen LogP contribution in [-0.2, 0) is 6.42 Å². The van der Waals surface area contributed by atoms with Gasteiger partial charge < -0.3 is 9.73 Å². The minimum Gasteiger partial charge on any atom is -0.441 e. The van der Waals surface area contributed by atoms with Gasteiger partial charge in [0.05, 0.1) is 11.8 Å². The Kier molecular flexibility index (Phi) is 3.78. The molecule has 3 rings (SSSR count). The fraction of sp³-hybridized carbons (Fsp3) is 0.400. The lowest BCUT2D eigenvalue weighted by molar-refractivity contribution is 0.487. The van der Waals surface area contributed by atoms with E-state index in [0.29, 0.717) is 24.1 Å². The van der Waals surface area contributed by atoms with Crippen LogP contribution in [-0.4, -0.2) is 17.6 Å². The van der Waals surface area contributed by atoms with Gasteiger partial charge in [0.25, 0.3) is 0 Å². The molecule has 1 aromatic heterocycles. The SMILES string of the molecule is Fc1ccc(-c2cnc(CCCNC3CC3)o2)c(F)c1. The fourth-order valence-electron chi connectivity index (χ4n) is 2.07. The number of nitrogens with zero attached hydrogens (tertiary/aromatic N) is 1. The monoisotopic (exact) mass is 278 g/mol. The first-order valence-electron chi connectivity index (χ1n) is 6.86. The number of aromatic nitrogens is 1. The Bertz CT molecular complexity index is 593. The summed E-state index contributed by atoms with van der Waals surface area (Å²) >= 11 is 0. The van der Waals surface area contributed by atoms with Crippen LogP contribution in [0.2, 0.25) is 0 Å². The molecule has 106 valence electrons. The van der Waals surface area contributed by atoms with Gasteiger partial charge in [-0.25, -0.2) is 13.8 Å². The molecule has 5 heteroatoms. The number of benzene rings is 1. The average Bonchev–Trinajstić information content (AvgIpc) is 3.13. The summed E-state index contributed by atoms with van der Waals surface area (Å²) in [6, 6.07) is 4.12. The summed E-state index contributed by atoms with van der Waals surface area (Å²) in [5.74, 6) is -0.311. The highest BCUT2D eigenvalue weighted by Gasteiger charge is 2.19. The maximum Gasteiger partial charge on any atom is 0.194 e. The van der Waals surface area contributed by atoms with E-state index in [4.69, 9.17) is 4.42 Å². The largest absolute Gasteiger partial charge is 0.441 e. The molecule has 0 atom stereocenters. The van der Waals surface area contributed by atoms with Crippen LogP contribution in [0.15, 0.2) is 28.8 Å². The van der Waals surface area contributed by atoms with Gasteiger partial charge in [-0.2, -0.15) is 0 Å². The third kappa shape index (κ3) is 3.22. The number of hydrogen-bond donors (Lipinski definition) is 1. The van der Waals surface area contributed by atoms with Crippen LogP contribution in [0.1, 0.15) is 25.2 Å². The molecule has 3 nitrogen and oxygen atoms in total. The summed E-state index contributed by atoms with van der Waals surface area (Å²) < 4.78 is 32.0. The van der Waals surface area contributed by atoms with Crippen LogP contribution in [0, 0.1) is 11.6 Å². The van der Waals surface area contributed by atoms with Gasteiger partial charge in [-0.3, -0.25) is 0 Å². The van der Waals surface area contributed by atoms with Crippen molar-refractivity contribution in [2.75, 3.05) is 6.54 Å². The summed E-state index contributed by atoms with van der Waals surface area (Å²) in [5.41, 5.74) is 0.237. The van der Waals surface area contributed by atoms with Crippen LogP contribution >= 0.6 is 0 Å². The number of halogens is 2. The maximum atomic E-state index is 13.6. The molecule has 0 unspecified atom stereocenters. The van der Waals surface area contributed by atoms with Crippen molar-refractivity contribution in [3.63, 3.8) is 0 Å². The topological polar surface area (TPSA) is 38.1 Å². The molecule has 0 aliphatic heterocycles. The Hall–Kier alpha value is -1.75. The van der Waals surface area contributed by atoms with E-state index >= 15 is 0 Å². The Morgan fingerprint density at radius 2 is 2.15 bits per heavy atom. The molecule has 0 bridgehead atoms. The molecule has 0 spiro atoms. The van der Waals surface area contributed by atoms with E-state index in [9.17, 15) is 8.78 Å². The number of hydrogen-bond acceptors (Lipinski definition) is 3. The van der Waals surface area contributed by atoms with Crippen LogP contribution in [0.3, 0.4) is 0 Å². The second-order valence-corrected chi connectivity index (χ2v) is 5.07. The van der Waals surface area contributed by atoms with Crippen molar-refractivity contribution in [1.29, 1.82) is 0 Å². The minimum atomic E-state index is -0.636. The Labute approximate surface area is 116 Å². The zero-order valence-corrected chi connectivity index (χ0v) is 11.0. The third-order valence-electron chi connectivity index (χ3n) is 3.33. The Balaban J connectivity index is 1.60. The number of nitrogens with one attached hydrogen (secondary N) is 1. The number of rotatable bonds is 6. The van der Waals surface area contributed by atoms with Gasteiger partial charge in [-0.15, -0.1) is 0 Å². The second kappa shape index (κ2) is 5.71. The molecule has 1 N–H and O–H groups in total. The second-order valence-electron chi connectivity index (χ2n) is 5.07. The van der Waals surface area contributed by atoms with Crippen molar-refractivity contribution >= 4 is 0 Å². The highest BCUT2D eigenvalue weighted by atomic mass is 19.1. The van der Waals surface area contributed by atoms with E-state index in [2.05, 4.69) is 10.3 Å². The number of oxazole rings is 1. The van der Waals surface area contributed by atoms with Gasteiger partial charge >= 0.3 is 0 Å². The third-order valence-corrected chi connectivity index (χ3v) is 3.33. The summed E-state index contributed by atoms with van der Waals surface area (Å²) in [4.78, 5) is 4.13. The molecule has 1 fully saturated rings. The summed E-state index contributed by atoms with van der Waals surface area (Å²) in [6.07, 6.45) is 5.67. The highest BCUT2D eigenvalue weighted by Crippen LogP contribution is 2.24. The van der Waals surface area contributed by atoms with E-state index in [1.54, 1.807) is 0 Å². The Morgan fingerprint density at radius 3 is 2.90 bits per heavy atom. The first-order chi connectivity index (χ1) is 9.72. The first kappa shape index (κ1) is 13.2. The molecule has 0 radical (unpaired) electrons. The van der Waals surface area contributed by atoms with E-state index in [1.165, 1.54) is 31.2 Å². The van der Waals surface area contributed by atoms with Gasteiger partial charge in [0, 0.05) is 18.5 Å². The molecule has 1 aliphatic rings. The normalized spacial score (nSPS) is 14.7. The zero-order valence-electron chi connectivity index (χ0n) is 11.0. The van der Waals surface area contributed by atoms with Crippen LogP contribution in [0.4, 0.5) is 8.78 Å². The lowest BCUT2D eigenvalue weighted by Gasteiger charge is -2.00. The van der Waals surface area contributed by atoms with Crippen molar-refractivity contribution in [3.8, 4) is 11.3 Å².